The van der Waals surface area contributed by atoms with Gasteiger partial charge in [-0.3, -0.25) is 14.4 Å². The maximum Gasteiger partial charge on any atom is 0.249 e. The van der Waals surface area contributed by atoms with Crippen molar-refractivity contribution in [1.82, 2.24) is 14.7 Å². The Labute approximate surface area is 177 Å². The zero-order valence-electron chi connectivity index (χ0n) is 18.2. The molecule has 1 unspecified atom stereocenters. The Hall–Kier alpha value is -2.19. The summed E-state index contributed by atoms with van der Waals surface area (Å²) < 4.78 is 6.63. The van der Waals surface area contributed by atoms with Crippen LogP contribution in [0.1, 0.15) is 27.7 Å². The van der Waals surface area contributed by atoms with Gasteiger partial charge in [-0.05, 0) is 27.7 Å². The lowest BCUT2D eigenvalue weighted by Gasteiger charge is -2.40. The predicted octanol–water partition coefficient (Wildman–Crippen LogP) is 0.173. The van der Waals surface area contributed by atoms with E-state index < -0.39 is 35.1 Å². The standard InChI is InChI=1S/C22H31N3O5/c1-13(2)24-11-7-9-22-16(19(28)25(14(3)12-26)17(22)20(24)29)15-18(27)23(5)10-6-8-21(15,4)30-22/h6-9,13-17,26H,10-12H2,1-5H3/t14-,15+,16+,17?,21-,22+/m1/s1. The van der Waals surface area contributed by atoms with Crippen molar-refractivity contribution in [2.75, 3.05) is 26.7 Å². The molecule has 0 aromatic rings. The highest BCUT2D eigenvalue weighted by Crippen LogP contribution is 2.57. The smallest absolute Gasteiger partial charge is 0.249 e. The monoisotopic (exact) mass is 417 g/mol. The van der Waals surface area contributed by atoms with Gasteiger partial charge in [0.15, 0.2) is 0 Å². The molecule has 0 aromatic heterocycles. The molecule has 2 saturated heterocycles. The molecule has 2 fully saturated rings. The molecule has 0 saturated carbocycles. The molecule has 4 aliphatic heterocycles. The van der Waals surface area contributed by atoms with Crippen molar-refractivity contribution in [2.24, 2.45) is 11.8 Å². The lowest BCUT2D eigenvalue weighted by molar-refractivity contribution is -0.156. The fraction of sp³-hybridized carbons (Fsp3) is 0.682. The van der Waals surface area contributed by atoms with Crippen LogP contribution in [0.15, 0.2) is 24.3 Å². The molecule has 164 valence electrons. The molecule has 6 atom stereocenters. The van der Waals surface area contributed by atoms with Gasteiger partial charge in [-0.1, -0.05) is 24.3 Å². The second-order valence-electron chi connectivity index (χ2n) is 9.38. The molecule has 8 heteroatoms. The Morgan fingerprint density at radius 2 is 1.73 bits per heavy atom. The molecule has 0 aromatic carbocycles. The summed E-state index contributed by atoms with van der Waals surface area (Å²) in [6.07, 6.45) is 7.44. The molecule has 0 aliphatic carbocycles. The Kier molecular flexibility index (Phi) is 4.86. The minimum atomic E-state index is -1.25. The van der Waals surface area contributed by atoms with Gasteiger partial charge in [-0.15, -0.1) is 0 Å². The number of ether oxygens (including phenoxy) is 1. The lowest BCUT2D eigenvalue weighted by Crippen LogP contribution is -2.59. The topological polar surface area (TPSA) is 90.4 Å². The van der Waals surface area contributed by atoms with E-state index in [1.54, 1.807) is 23.8 Å². The van der Waals surface area contributed by atoms with Gasteiger partial charge < -0.3 is 24.5 Å². The Bertz CT molecular complexity index is 839. The van der Waals surface area contributed by atoms with Gasteiger partial charge in [-0.2, -0.15) is 0 Å². The molecular weight excluding hydrogens is 386 g/mol. The maximum absolute atomic E-state index is 13.8. The highest BCUT2D eigenvalue weighted by atomic mass is 16.5. The van der Waals surface area contributed by atoms with Crippen LogP contribution in [0.3, 0.4) is 0 Å². The summed E-state index contributed by atoms with van der Waals surface area (Å²) in [6, 6.07) is -1.56. The molecule has 30 heavy (non-hydrogen) atoms. The van der Waals surface area contributed by atoms with E-state index >= 15 is 0 Å². The van der Waals surface area contributed by atoms with Crippen LogP contribution in [0, 0.1) is 11.8 Å². The minimum absolute atomic E-state index is 0.0622. The quantitative estimate of drug-likeness (QED) is 0.662. The number of likely N-dealkylation sites (N-methyl/N-ethyl adjacent to an activating group) is 1. The number of amides is 3. The third kappa shape index (κ3) is 2.62. The van der Waals surface area contributed by atoms with Crippen LogP contribution in [0.2, 0.25) is 0 Å². The number of hydrogen-bond donors (Lipinski definition) is 1. The SMILES string of the molecule is CC(C)N1CC=C[C@]23O[C@]4(C)C=CCN(C)C(=O)[C@@H]4[C@H]2C(=O)N([C@H](C)CO)C3C1=O. The molecule has 1 N–H and O–H groups in total. The molecule has 4 heterocycles. The Balaban J connectivity index is 1.92. The number of aliphatic hydroxyl groups excluding tert-OH is 1. The molecule has 4 aliphatic rings. The molecule has 0 radical (unpaired) electrons. The lowest BCUT2D eigenvalue weighted by atomic mass is 9.74. The van der Waals surface area contributed by atoms with Crippen molar-refractivity contribution in [1.29, 1.82) is 0 Å². The van der Waals surface area contributed by atoms with Crippen LogP contribution in [-0.2, 0) is 19.1 Å². The van der Waals surface area contributed by atoms with Crippen LogP contribution in [-0.4, -0.2) is 93.6 Å². The fourth-order valence-corrected chi connectivity index (χ4v) is 5.63. The number of aliphatic hydroxyl groups is 1. The van der Waals surface area contributed by atoms with Crippen molar-refractivity contribution in [2.45, 2.75) is 57.0 Å². The number of carbonyl (C=O) groups is 3. The second-order valence-corrected chi connectivity index (χ2v) is 9.38. The maximum atomic E-state index is 13.8. The van der Waals surface area contributed by atoms with Crippen LogP contribution in [0.5, 0.6) is 0 Å². The van der Waals surface area contributed by atoms with Gasteiger partial charge in [0, 0.05) is 26.2 Å². The second kappa shape index (κ2) is 6.92. The van der Waals surface area contributed by atoms with Crippen molar-refractivity contribution in [3.05, 3.63) is 24.3 Å². The van der Waals surface area contributed by atoms with E-state index in [1.165, 1.54) is 4.90 Å². The third-order valence-electron chi connectivity index (χ3n) is 7.09. The molecule has 1 spiro atoms. The first-order valence-electron chi connectivity index (χ1n) is 10.6. The number of hydrogen-bond acceptors (Lipinski definition) is 5. The highest BCUT2D eigenvalue weighted by molar-refractivity contribution is 6.00. The number of carbonyl (C=O) groups excluding carboxylic acids is 3. The molecule has 8 nitrogen and oxygen atoms in total. The van der Waals surface area contributed by atoms with Crippen molar-refractivity contribution < 1.29 is 24.2 Å². The Morgan fingerprint density at radius 1 is 1.07 bits per heavy atom. The van der Waals surface area contributed by atoms with E-state index in [9.17, 15) is 19.5 Å². The van der Waals surface area contributed by atoms with Crippen LogP contribution < -0.4 is 0 Å². The average molecular weight is 418 g/mol. The van der Waals surface area contributed by atoms with Crippen molar-refractivity contribution in [3.8, 4) is 0 Å². The third-order valence-corrected chi connectivity index (χ3v) is 7.09. The summed E-state index contributed by atoms with van der Waals surface area (Å²) in [7, 11) is 1.71. The van der Waals surface area contributed by atoms with E-state index in [1.807, 2.05) is 45.1 Å². The first kappa shape index (κ1) is 21.1. The predicted molar refractivity (Wildman–Crippen MR) is 109 cm³/mol. The highest BCUT2D eigenvalue weighted by Gasteiger charge is 2.75. The number of fused-ring (bicyclic) bond motifs is 2. The first-order chi connectivity index (χ1) is 14.1. The summed E-state index contributed by atoms with van der Waals surface area (Å²) in [5.74, 6) is -2.26. The van der Waals surface area contributed by atoms with Crippen LogP contribution >= 0.6 is 0 Å². The summed E-state index contributed by atoms with van der Waals surface area (Å²) in [5.41, 5.74) is -2.24. The fourth-order valence-electron chi connectivity index (χ4n) is 5.63. The molecule has 3 amide bonds. The summed E-state index contributed by atoms with van der Waals surface area (Å²) >= 11 is 0. The zero-order chi connectivity index (χ0) is 22.0. The summed E-state index contributed by atoms with van der Waals surface area (Å²) in [6.45, 7) is 7.98. The molecule has 0 bridgehead atoms. The summed E-state index contributed by atoms with van der Waals surface area (Å²) in [5, 5.41) is 9.85. The zero-order valence-corrected chi connectivity index (χ0v) is 18.2. The normalized spacial score (nSPS) is 39.2. The molecular formula is C22H31N3O5. The van der Waals surface area contributed by atoms with Crippen molar-refractivity contribution in [3.63, 3.8) is 0 Å². The molecule has 4 rings (SSSR count). The van der Waals surface area contributed by atoms with Crippen LogP contribution in [0.4, 0.5) is 0 Å². The van der Waals surface area contributed by atoms with E-state index in [-0.39, 0.29) is 30.4 Å². The largest absolute Gasteiger partial charge is 0.394 e. The van der Waals surface area contributed by atoms with Gasteiger partial charge in [0.05, 0.1) is 30.1 Å². The Morgan fingerprint density at radius 3 is 2.37 bits per heavy atom. The summed E-state index contributed by atoms with van der Waals surface area (Å²) in [4.78, 5) is 45.6. The number of nitrogens with zero attached hydrogens (tertiary/aromatic N) is 3. The number of rotatable bonds is 3. The average Bonchev–Trinajstić information content (AvgIpc) is 2.97. The minimum Gasteiger partial charge on any atom is -0.394 e. The van der Waals surface area contributed by atoms with E-state index in [0.29, 0.717) is 13.1 Å². The van der Waals surface area contributed by atoms with Crippen molar-refractivity contribution >= 4 is 17.7 Å². The van der Waals surface area contributed by atoms with E-state index in [4.69, 9.17) is 4.74 Å². The van der Waals surface area contributed by atoms with Gasteiger partial charge in [-0.25, -0.2) is 0 Å². The van der Waals surface area contributed by atoms with E-state index in [2.05, 4.69) is 0 Å². The number of likely N-dealkylation sites (tertiary alicyclic amines) is 1. The van der Waals surface area contributed by atoms with Crippen LogP contribution in [0.25, 0.3) is 0 Å². The van der Waals surface area contributed by atoms with Gasteiger partial charge in [0.25, 0.3) is 0 Å². The van der Waals surface area contributed by atoms with Gasteiger partial charge in [0.1, 0.15) is 11.6 Å². The first-order valence-corrected chi connectivity index (χ1v) is 10.6. The van der Waals surface area contributed by atoms with Gasteiger partial charge >= 0.3 is 0 Å². The van der Waals surface area contributed by atoms with E-state index in [0.717, 1.165) is 0 Å². The van der Waals surface area contributed by atoms with Gasteiger partial charge in [0.2, 0.25) is 17.7 Å².